The molecular formula is C22H32N2O7. The Kier molecular flexibility index (Phi) is 8.72. The maximum Gasteiger partial charge on any atom is 0.425 e. The highest BCUT2D eigenvalue weighted by Crippen LogP contribution is 2.21. The Bertz CT molecular complexity index is 794. The highest BCUT2D eigenvalue weighted by molar-refractivity contribution is 6.08. The van der Waals surface area contributed by atoms with E-state index in [9.17, 15) is 19.2 Å². The summed E-state index contributed by atoms with van der Waals surface area (Å²) >= 11 is 0. The number of carbonyl (C=O) groups excluding carboxylic acids is 4. The zero-order valence-corrected chi connectivity index (χ0v) is 19.5. The topological polar surface area (TPSA) is 112 Å². The number of hydrogen-bond acceptors (Lipinski definition) is 8. The molecule has 0 radical (unpaired) electrons. The first-order chi connectivity index (χ1) is 14.1. The van der Waals surface area contributed by atoms with Crippen LogP contribution in [0.15, 0.2) is 18.2 Å². The molecule has 0 N–H and O–H groups in total. The second-order valence-electron chi connectivity index (χ2n) is 8.90. The van der Waals surface area contributed by atoms with E-state index in [1.807, 2.05) is 0 Å². The van der Waals surface area contributed by atoms with Crippen molar-refractivity contribution in [2.45, 2.75) is 73.0 Å². The fourth-order valence-corrected chi connectivity index (χ4v) is 2.43. The normalized spacial score (nSPS) is 12.5. The number of nitrogens with zero attached hydrogens (tertiary/aromatic N) is 2. The maximum atomic E-state index is 12.8. The minimum Gasteiger partial charge on any atom is -0.465 e. The van der Waals surface area contributed by atoms with Gasteiger partial charge < -0.3 is 14.2 Å². The van der Waals surface area contributed by atoms with E-state index in [1.165, 1.54) is 13.0 Å². The Hall–Kier alpha value is -2.97. The molecule has 0 bridgehead atoms. The fraction of sp³-hybridized carbons (Fsp3) is 0.591. The van der Waals surface area contributed by atoms with Gasteiger partial charge >= 0.3 is 18.2 Å². The van der Waals surface area contributed by atoms with Crippen LogP contribution in [-0.4, -0.2) is 46.7 Å². The fourth-order valence-electron chi connectivity index (χ4n) is 2.43. The van der Waals surface area contributed by atoms with E-state index in [4.69, 9.17) is 14.2 Å². The first kappa shape index (κ1) is 26.1. The molecule has 1 rings (SSSR count). The van der Waals surface area contributed by atoms with Crippen LogP contribution in [0.1, 0.15) is 61.1 Å². The lowest BCUT2D eigenvalue weighted by Gasteiger charge is -2.28. The summed E-state index contributed by atoms with van der Waals surface area (Å²) in [5.41, 5.74) is -1.40. The molecule has 0 fully saturated rings. The zero-order valence-electron chi connectivity index (χ0n) is 19.5. The minimum atomic E-state index is -1.04. The molecule has 172 valence electrons. The number of anilines is 1. The van der Waals surface area contributed by atoms with Gasteiger partial charge in [-0.05, 0) is 67.5 Å². The lowest BCUT2D eigenvalue weighted by atomic mass is 9.99. The van der Waals surface area contributed by atoms with Crippen molar-refractivity contribution >= 4 is 29.8 Å². The summed E-state index contributed by atoms with van der Waals surface area (Å²) in [6.07, 6.45) is -1.96. The molecule has 1 aromatic rings. The molecular weight excluding hydrogens is 404 g/mol. The molecule has 0 saturated carbocycles. The number of rotatable bonds is 6. The van der Waals surface area contributed by atoms with Crippen LogP contribution < -0.4 is 4.90 Å². The Morgan fingerprint density at radius 2 is 1.48 bits per heavy atom. The molecule has 1 unspecified atom stereocenters. The van der Waals surface area contributed by atoms with E-state index in [0.29, 0.717) is 10.6 Å². The van der Waals surface area contributed by atoms with E-state index in [-0.39, 0.29) is 24.6 Å². The largest absolute Gasteiger partial charge is 0.465 e. The summed E-state index contributed by atoms with van der Waals surface area (Å²) in [6.45, 7) is 13.1. The lowest BCUT2D eigenvalue weighted by molar-refractivity contribution is -0.151. The number of hydrogen-bond donors (Lipinski definition) is 0. The van der Waals surface area contributed by atoms with Gasteiger partial charge in [-0.2, -0.15) is 4.90 Å². The van der Waals surface area contributed by atoms with Crippen molar-refractivity contribution in [1.29, 1.82) is 0 Å². The number of Topliss-reactive ketones (excluding diaryl/α,β-unsaturated/α-hetero) is 1. The van der Waals surface area contributed by atoms with Crippen molar-refractivity contribution in [3.05, 3.63) is 23.9 Å². The van der Waals surface area contributed by atoms with Gasteiger partial charge in [0.05, 0.1) is 6.61 Å². The van der Waals surface area contributed by atoms with E-state index in [0.717, 1.165) is 0 Å². The monoisotopic (exact) mass is 436 g/mol. The van der Waals surface area contributed by atoms with Crippen LogP contribution in [0.2, 0.25) is 0 Å². The average Bonchev–Trinajstić information content (AvgIpc) is 2.56. The maximum absolute atomic E-state index is 12.8. The highest BCUT2D eigenvalue weighted by atomic mass is 16.6. The first-order valence-corrected chi connectivity index (χ1v) is 10.0. The van der Waals surface area contributed by atoms with E-state index >= 15 is 0 Å². The number of esters is 1. The number of amides is 2. The molecule has 0 aliphatic rings. The zero-order chi connectivity index (χ0) is 24.0. The van der Waals surface area contributed by atoms with Crippen molar-refractivity contribution in [2.75, 3.05) is 11.5 Å². The standard InChI is InChI=1S/C22H32N2O7/c1-9-29-18(26)16(14(2)25)13-15-11-10-12-17(23-15)24(19(27)30-21(3,4)5)20(28)31-22(6,7)8/h10-12,16H,9,13H2,1-8H3. The van der Waals surface area contributed by atoms with Crippen LogP contribution >= 0.6 is 0 Å². The van der Waals surface area contributed by atoms with E-state index in [1.54, 1.807) is 60.6 Å². The Morgan fingerprint density at radius 1 is 0.968 bits per heavy atom. The third-order valence-corrected chi connectivity index (χ3v) is 3.65. The number of aromatic nitrogens is 1. The van der Waals surface area contributed by atoms with Crippen LogP contribution in [0.3, 0.4) is 0 Å². The number of carbonyl (C=O) groups is 4. The predicted molar refractivity (Wildman–Crippen MR) is 114 cm³/mol. The molecule has 1 atom stereocenters. The Morgan fingerprint density at radius 3 is 1.90 bits per heavy atom. The molecule has 0 spiro atoms. The number of ketones is 1. The average molecular weight is 437 g/mol. The molecule has 9 heteroatoms. The molecule has 0 aliphatic heterocycles. The third kappa shape index (κ3) is 8.74. The second-order valence-corrected chi connectivity index (χ2v) is 8.90. The molecule has 2 amide bonds. The minimum absolute atomic E-state index is 0.0432. The van der Waals surface area contributed by atoms with E-state index in [2.05, 4.69) is 4.98 Å². The van der Waals surface area contributed by atoms with Gasteiger partial charge in [0.2, 0.25) is 0 Å². The number of ether oxygens (including phenoxy) is 3. The van der Waals surface area contributed by atoms with Crippen LogP contribution in [0, 0.1) is 5.92 Å². The smallest absolute Gasteiger partial charge is 0.425 e. The summed E-state index contributed by atoms with van der Waals surface area (Å²) in [4.78, 5) is 54.5. The lowest BCUT2D eigenvalue weighted by Crippen LogP contribution is -2.44. The van der Waals surface area contributed by atoms with Crippen molar-refractivity contribution < 1.29 is 33.4 Å². The molecule has 31 heavy (non-hydrogen) atoms. The van der Waals surface area contributed by atoms with Crippen LogP contribution in [-0.2, 0) is 30.2 Å². The van der Waals surface area contributed by atoms with Gasteiger partial charge in [-0.15, -0.1) is 0 Å². The van der Waals surface area contributed by atoms with Gasteiger partial charge in [0, 0.05) is 12.1 Å². The third-order valence-electron chi connectivity index (χ3n) is 3.65. The molecule has 0 saturated heterocycles. The molecule has 9 nitrogen and oxygen atoms in total. The Balaban J connectivity index is 3.30. The van der Waals surface area contributed by atoms with Gasteiger partial charge in [0.1, 0.15) is 28.7 Å². The molecule has 1 heterocycles. The quantitative estimate of drug-likeness (QED) is 0.373. The van der Waals surface area contributed by atoms with Gasteiger partial charge in [0.15, 0.2) is 0 Å². The highest BCUT2D eigenvalue weighted by Gasteiger charge is 2.34. The van der Waals surface area contributed by atoms with Gasteiger partial charge in [-0.25, -0.2) is 14.6 Å². The van der Waals surface area contributed by atoms with Crippen molar-refractivity contribution in [3.63, 3.8) is 0 Å². The first-order valence-electron chi connectivity index (χ1n) is 10.0. The van der Waals surface area contributed by atoms with Gasteiger partial charge in [-0.3, -0.25) is 9.59 Å². The molecule has 0 aromatic carbocycles. The number of pyridine rings is 1. The Labute approximate surface area is 183 Å². The summed E-state index contributed by atoms with van der Waals surface area (Å²) < 4.78 is 15.6. The summed E-state index contributed by atoms with van der Waals surface area (Å²) in [5.74, 6) is -2.12. The van der Waals surface area contributed by atoms with Crippen LogP contribution in [0.5, 0.6) is 0 Å². The summed E-state index contributed by atoms with van der Waals surface area (Å²) in [5, 5.41) is 0. The van der Waals surface area contributed by atoms with Gasteiger partial charge in [-0.1, -0.05) is 6.07 Å². The predicted octanol–water partition coefficient (Wildman–Crippen LogP) is 4.07. The van der Waals surface area contributed by atoms with Crippen LogP contribution in [0.4, 0.5) is 15.4 Å². The van der Waals surface area contributed by atoms with Crippen LogP contribution in [0.25, 0.3) is 0 Å². The SMILES string of the molecule is CCOC(=O)C(Cc1cccc(N(C(=O)OC(C)(C)C)C(=O)OC(C)(C)C)n1)C(C)=O. The van der Waals surface area contributed by atoms with Crippen molar-refractivity contribution in [3.8, 4) is 0 Å². The summed E-state index contributed by atoms with van der Waals surface area (Å²) in [7, 11) is 0. The van der Waals surface area contributed by atoms with E-state index < -0.39 is 35.3 Å². The molecule has 1 aromatic heterocycles. The van der Waals surface area contributed by atoms with Crippen molar-refractivity contribution in [2.24, 2.45) is 5.92 Å². The number of imide groups is 1. The van der Waals surface area contributed by atoms with Gasteiger partial charge in [0.25, 0.3) is 0 Å². The van der Waals surface area contributed by atoms with Crippen molar-refractivity contribution in [1.82, 2.24) is 4.98 Å². The second kappa shape index (κ2) is 10.4. The molecule has 0 aliphatic carbocycles. The summed E-state index contributed by atoms with van der Waals surface area (Å²) in [6, 6.07) is 4.58.